The van der Waals surface area contributed by atoms with Crippen LogP contribution in [0.15, 0.2) is 54.9 Å². The molecular weight excluding hydrogens is 352 g/mol. The Hall–Kier alpha value is -2.95. The molecule has 0 unspecified atom stereocenters. The van der Waals surface area contributed by atoms with Crippen molar-refractivity contribution in [3.63, 3.8) is 0 Å². The fourth-order valence-electron chi connectivity index (χ4n) is 2.70. The van der Waals surface area contributed by atoms with Crippen molar-refractivity contribution in [1.29, 1.82) is 0 Å². The Morgan fingerprint density at radius 3 is 2.54 bits per heavy atom. The minimum atomic E-state index is -0.306. The molecule has 0 saturated carbocycles. The second-order valence-corrected chi connectivity index (χ2v) is 6.83. The summed E-state index contributed by atoms with van der Waals surface area (Å²) in [7, 11) is 0. The van der Waals surface area contributed by atoms with E-state index in [9.17, 15) is 9.59 Å². The lowest BCUT2D eigenvalue weighted by Crippen LogP contribution is -2.31. The van der Waals surface area contributed by atoms with Gasteiger partial charge < -0.3 is 9.64 Å². The summed E-state index contributed by atoms with van der Waals surface area (Å²) in [5.41, 5.74) is 3.13. The van der Waals surface area contributed by atoms with E-state index in [0.29, 0.717) is 25.6 Å². The molecule has 0 spiro atoms. The predicted octanol–water partition coefficient (Wildman–Crippen LogP) is 4.20. The number of hydrogen-bond donors (Lipinski definition) is 0. The summed E-state index contributed by atoms with van der Waals surface area (Å²) < 4.78 is 4.97. The Morgan fingerprint density at radius 1 is 1.18 bits per heavy atom. The van der Waals surface area contributed by atoms with E-state index in [4.69, 9.17) is 4.74 Å². The highest BCUT2D eigenvalue weighted by atomic mass is 16.5. The Morgan fingerprint density at radius 2 is 1.93 bits per heavy atom. The average Bonchev–Trinajstić information content (AvgIpc) is 2.70. The molecule has 1 aromatic carbocycles. The first-order valence-electron chi connectivity index (χ1n) is 9.61. The first kappa shape index (κ1) is 21.4. The fraction of sp³-hybridized carbons (Fsp3) is 0.348. The second-order valence-electron chi connectivity index (χ2n) is 6.83. The molecule has 0 aliphatic heterocycles. The van der Waals surface area contributed by atoms with Crippen molar-refractivity contribution < 1.29 is 14.3 Å². The van der Waals surface area contributed by atoms with Gasteiger partial charge >= 0.3 is 5.97 Å². The van der Waals surface area contributed by atoms with Crippen LogP contribution in [0.3, 0.4) is 0 Å². The molecule has 0 N–H and O–H groups in total. The zero-order valence-corrected chi connectivity index (χ0v) is 16.8. The van der Waals surface area contributed by atoms with Crippen LogP contribution in [0.4, 0.5) is 0 Å². The van der Waals surface area contributed by atoms with E-state index >= 15 is 0 Å². The Kier molecular flexibility index (Phi) is 8.40. The second kappa shape index (κ2) is 11.0. The summed E-state index contributed by atoms with van der Waals surface area (Å²) in [6.07, 6.45) is 6.92. The minimum Gasteiger partial charge on any atom is -0.466 e. The van der Waals surface area contributed by atoms with Gasteiger partial charge in [0.2, 0.25) is 5.91 Å². The maximum Gasteiger partial charge on any atom is 0.307 e. The maximum atomic E-state index is 12.7. The van der Waals surface area contributed by atoms with Gasteiger partial charge in [-0.15, -0.1) is 0 Å². The Labute approximate surface area is 167 Å². The molecular formula is C23H28N2O3. The molecule has 0 atom stereocenters. The molecule has 0 bridgehead atoms. The van der Waals surface area contributed by atoms with Gasteiger partial charge in [0.1, 0.15) is 0 Å². The zero-order chi connectivity index (χ0) is 20.4. The molecule has 0 saturated heterocycles. The molecule has 5 nitrogen and oxygen atoms in total. The van der Waals surface area contributed by atoms with Gasteiger partial charge in [0.15, 0.2) is 0 Å². The van der Waals surface area contributed by atoms with Gasteiger partial charge in [0.05, 0.1) is 13.0 Å². The number of pyridine rings is 1. The number of benzene rings is 1. The van der Waals surface area contributed by atoms with Crippen LogP contribution in [0, 0.1) is 0 Å². The largest absolute Gasteiger partial charge is 0.466 e. The van der Waals surface area contributed by atoms with E-state index in [1.165, 1.54) is 5.56 Å². The maximum absolute atomic E-state index is 12.7. The molecule has 0 aliphatic rings. The molecule has 148 valence electrons. The summed E-state index contributed by atoms with van der Waals surface area (Å²) in [4.78, 5) is 30.2. The van der Waals surface area contributed by atoms with Crippen LogP contribution < -0.4 is 0 Å². The normalized spacial score (nSPS) is 11.0. The van der Waals surface area contributed by atoms with Gasteiger partial charge in [-0.1, -0.05) is 44.2 Å². The van der Waals surface area contributed by atoms with Crippen LogP contribution in [0.5, 0.6) is 0 Å². The summed E-state index contributed by atoms with van der Waals surface area (Å²) >= 11 is 0. The number of carbonyl (C=O) groups excluding carboxylic acids is 2. The average molecular weight is 380 g/mol. The van der Waals surface area contributed by atoms with Crippen LogP contribution in [-0.4, -0.2) is 34.9 Å². The highest BCUT2D eigenvalue weighted by molar-refractivity contribution is 5.92. The highest BCUT2D eigenvalue weighted by Crippen LogP contribution is 2.15. The minimum absolute atomic E-state index is 0.152. The summed E-state index contributed by atoms with van der Waals surface area (Å²) in [6.45, 7) is 7.08. The van der Waals surface area contributed by atoms with Crippen molar-refractivity contribution in [3.8, 4) is 0 Å². The van der Waals surface area contributed by atoms with E-state index in [2.05, 4.69) is 31.0 Å². The number of aromatic nitrogens is 1. The number of amides is 1. The van der Waals surface area contributed by atoms with Gasteiger partial charge in [0.25, 0.3) is 0 Å². The first-order valence-corrected chi connectivity index (χ1v) is 9.61. The monoisotopic (exact) mass is 380 g/mol. The Bertz CT molecular complexity index is 783. The highest BCUT2D eigenvalue weighted by Gasteiger charge is 2.14. The number of nitrogens with zero attached hydrogens (tertiary/aromatic N) is 2. The number of esters is 1. The summed E-state index contributed by atoms with van der Waals surface area (Å²) in [5.74, 6) is 0.0124. The van der Waals surface area contributed by atoms with Crippen molar-refractivity contribution in [2.45, 2.75) is 39.7 Å². The van der Waals surface area contributed by atoms with Crippen molar-refractivity contribution >= 4 is 18.0 Å². The van der Waals surface area contributed by atoms with Crippen molar-refractivity contribution in [2.24, 2.45) is 0 Å². The standard InChI is InChI=1S/C23H28N2O3/c1-4-28-23(27)13-15-25(17-20-6-5-14-24-16-20)22(26)12-9-19-7-10-21(11-8-19)18(2)3/h5-12,14,16,18H,4,13,15,17H2,1-3H3/b12-9+. The molecule has 28 heavy (non-hydrogen) atoms. The van der Waals surface area contributed by atoms with Crippen LogP contribution in [0.25, 0.3) is 6.08 Å². The lowest BCUT2D eigenvalue weighted by atomic mass is 10.0. The molecule has 0 radical (unpaired) electrons. The number of hydrogen-bond acceptors (Lipinski definition) is 4. The number of carbonyl (C=O) groups is 2. The van der Waals surface area contributed by atoms with Crippen LogP contribution in [0.2, 0.25) is 0 Å². The van der Waals surface area contributed by atoms with Gasteiger partial charge in [-0.3, -0.25) is 14.6 Å². The summed E-state index contributed by atoms with van der Waals surface area (Å²) in [6, 6.07) is 11.9. The molecule has 0 aliphatic carbocycles. The molecule has 5 heteroatoms. The first-order chi connectivity index (χ1) is 13.5. The number of rotatable bonds is 9. The topological polar surface area (TPSA) is 59.5 Å². The van der Waals surface area contributed by atoms with E-state index in [0.717, 1.165) is 11.1 Å². The van der Waals surface area contributed by atoms with Gasteiger partial charge in [0, 0.05) is 31.6 Å². The van der Waals surface area contributed by atoms with Crippen molar-refractivity contribution in [2.75, 3.05) is 13.2 Å². The zero-order valence-electron chi connectivity index (χ0n) is 16.8. The Balaban J connectivity index is 2.06. The van der Waals surface area contributed by atoms with E-state index < -0.39 is 0 Å². The molecule has 0 fully saturated rings. The lowest BCUT2D eigenvalue weighted by molar-refractivity contribution is -0.143. The molecule has 1 amide bonds. The third-order valence-corrected chi connectivity index (χ3v) is 4.32. The van der Waals surface area contributed by atoms with Gasteiger partial charge in [-0.05, 0) is 41.7 Å². The molecule has 2 aromatic rings. The quantitative estimate of drug-likeness (QED) is 0.483. The number of ether oxygens (including phenoxy) is 1. The van der Waals surface area contributed by atoms with E-state index in [1.807, 2.05) is 24.3 Å². The smallest absolute Gasteiger partial charge is 0.307 e. The van der Waals surface area contributed by atoms with Crippen LogP contribution >= 0.6 is 0 Å². The third-order valence-electron chi connectivity index (χ3n) is 4.32. The van der Waals surface area contributed by atoms with Crippen LogP contribution in [0.1, 0.15) is 49.8 Å². The van der Waals surface area contributed by atoms with E-state index in [1.54, 1.807) is 36.4 Å². The van der Waals surface area contributed by atoms with Crippen molar-refractivity contribution in [3.05, 3.63) is 71.6 Å². The SMILES string of the molecule is CCOC(=O)CCN(Cc1cccnc1)C(=O)/C=C/c1ccc(C(C)C)cc1. The van der Waals surface area contributed by atoms with Gasteiger partial charge in [-0.2, -0.15) is 0 Å². The molecule has 2 rings (SSSR count). The predicted molar refractivity (Wildman–Crippen MR) is 110 cm³/mol. The molecule has 1 heterocycles. The van der Waals surface area contributed by atoms with E-state index in [-0.39, 0.29) is 18.3 Å². The van der Waals surface area contributed by atoms with Crippen LogP contribution in [-0.2, 0) is 20.9 Å². The third kappa shape index (κ3) is 6.99. The van der Waals surface area contributed by atoms with Gasteiger partial charge in [-0.25, -0.2) is 0 Å². The van der Waals surface area contributed by atoms with Crippen molar-refractivity contribution in [1.82, 2.24) is 9.88 Å². The summed E-state index contributed by atoms with van der Waals surface area (Å²) in [5, 5.41) is 0. The lowest BCUT2D eigenvalue weighted by Gasteiger charge is -2.21. The fourth-order valence-corrected chi connectivity index (χ4v) is 2.70. The molecule has 1 aromatic heterocycles.